The Balaban J connectivity index is 2.50. The van der Waals surface area contributed by atoms with E-state index in [1.165, 1.54) is 0 Å². The van der Waals surface area contributed by atoms with E-state index in [4.69, 9.17) is 0 Å². The lowest BCUT2D eigenvalue weighted by Gasteiger charge is -2.15. The number of carbonyl (C=O) groups is 1. The summed E-state index contributed by atoms with van der Waals surface area (Å²) in [7, 11) is 1.80. The van der Waals surface area contributed by atoms with E-state index in [1.807, 2.05) is 24.3 Å². The number of carbonyl (C=O) groups excluding carboxylic acids is 1. The number of hydrogen-bond acceptors (Lipinski definition) is 1. The van der Waals surface area contributed by atoms with Gasteiger partial charge in [-0.05, 0) is 6.42 Å². The van der Waals surface area contributed by atoms with Crippen molar-refractivity contribution in [1.29, 1.82) is 0 Å². The van der Waals surface area contributed by atoms with Gasteiger partial charge in [-0.2, -0.15) is 0 Å². The summed E-state index contributed by atoms with van der Waals surface area (Å²) in [4.78, 5) is 13.4. The molecular formula is C13H17NO. The second kappa shape index (κ2) is 6.02. The summed E-state index contributed by atoms with van der Waals surface area (Å²) in [5, 5.41) is 0. The average molecular weight is 203 g/mol. The minimum atomic E-state index is 0.143. The van der Waals surface area contributed by atoms with Gasteiger partial charge in [-0.3, -0.25) is 4.79 Å². The van der Waals surface area contributed by atoms with Crippen LogP contribution in [-0.4, -0.2) is 24.4 Å². The van der Waals surface area contributed by atoms with Crippen LogP contribution in [0.4, 0.5) is 0 Å². The van der Waals surface area contributed by atoms with Gasteiger partial charge in [0.2, 0.25) is 5.91 Å². The molecule has 1 aliphatic carbocycles. The van der Waals surface area contributed by atoms with E-state index in [-0.39, 0.29) is 5.91 Å². The number of allylic oxidation sites excluding steroid dienone is 5. The van der Waals surface area contributed by atoms with Crippen molar-refractivity contribution in [2.24, 2.45) is 0 Å². The highest BCUT2D eigenvalue weighted by Gasteiger charge is 2.09. The first-order valence-electron chi connectivity index (χ1n) is 5.10. The van der Waals surface area contributed by atoms with E-state index in [0.29, 0.717) is 13.0 Å². The molecule has 0 aliphatic heterocycles. The van der Waals surface area contributed by atoms with Crippen molar-refractivity contribution >= 4 is 5.91 Å². The van der Waals surface area contributed by atoms with Crippen LogP contribution in [0.2, 0.25) is 0 Å². The van der Waals surface area contributed by atoms with Crippen LogP contribution in [0.15, 0.2) is 48.6 Å². The maximum atomic E-state index is 11.7. The molecule has 0 heterocycles. The maximum Gasteiger partial charge on any atom is 0.226 e. The van der Waals surface area contributed by atoms with Crippen LogP contribution in [-0.2, 0) is 4.79 Å². The van der Waals surface area contributed by atoms with Gasteiger partial charge in [-0.25, -0.2) is 0 Å². The van der Waals surface area contributed by atoms with Gasteiger partial charge in [-0.15, -0.1) is 6.58 Å². The Kier molecular flexibility index (Phi) is 4.61. The largest absolute Gasteiger partial charge is 0.342 e. The molecule has 2 nitrogen and oxygen atoms in total. The molecule has 1 amide bonds. The Morgan fingerprint density at radius 1 is 1.53 bits per heavy atom. The Morgan fingerprint density at radius 2 is 2.33 bits per heavy atom. The third-order valence-corrected chi connectivity index (χ3v) is 2.28. The molecule has 1 rings (SSSR count). The zero-order chi connectivity index (χ0) is 11.1. The predicted octanol–water partition coefficient (Wildman–Crippen LogP) is 2.46. The third-order valence-electron chi connectivity index (χ3n) is 2.28. The van der Waals surface area contributed by atoms with Gasteiger partial charge < -0.3 is 4.90 Å². The van der Waals surface area contributed by atoms with Gasteiger partial charge in [0, 0.05) is 20.0 Å². The first-order valence-corrected chi connectivity index (χ1v) is 5.10. The van der Waals surface area contributed by atoms with Crippen LogP contribution in [0.25, 0.3) is 0 Å². The van der Waals surface area contributed by atoms with Crippen molar-refractivity contribution in [1.82, 2.24) is 4.90 Å². The molecule has 0 saturated carbocycles. The first kappa shape index (κ1) is 11.5. The summed E-state index contributed by atoms with van der Waals surface area (Å²) in [6.07, 6.45) is 13.1. The molecule has 1 aliphatic rings. The van der Waals surface area contributed by atoms with Gasteiger partial charge >= 0.3 is 0 Å². The van der Waals surface area contributed by atoms with Crippen LogP contribution in [0.3, 0.4) is 0 Å². The van der Waals surface area contributed by atoms with Crippen molar-refractivity contribution in [2.45, 2.75) is 12.8 Å². The molecule has 15 heavy (non-hydrogen) atoms. The normalized spacial score (nSPS) is 14.3. The van der Waals surface area contributed by atoms with E-state index in [2.05, 4.69) is 12.7 Å². The Bertz CT molecular complexity index is 323. The van der Waals surface area contributed by atoms with Crippen molar-refractivity contribution in [2.75, 3.05) is 13.6 Å². The zero-order valence-electron chi connectivity index (χ0n) is 9.15. The minimum Gasteiger partial charge on any atom is -0.342 e. The average Bonchev–Trinajstić information content (AvgIpc) is 2.46. The lowest BCUT2D eigenvalue weighted by atomic mass is 10.1. The standard InChI is InChI=1S/C13H17NO/c1-3-10-14(2)13(15)11-12-8-6-4-5-7-9-12/h3-8H,1,9-11H2,2H3. The third kappa shape index (κ3) is 3.98. The fourth-order valence-electron chi connectivity index (χ4n) is 1.38. The molecule has 0 bridgehead atoms. The van der Waals surface area contributed by atoms with Crippen LogP contribution in [0.5, 0.6) is 0 Å². The molecule has 2 heteroatoms. The van der Waals surface area contributed by atoms with Gasteiger partial charge in [0.15, 0.2) is 0 Å². The number of nitrogens with zero attached hydrogens (tertiary/aromatic N) is 1. The molecule has 0 spiro atoms. The van der Waals surface area contributed by atoms with Gasteiger partial charge in [0.05, 0.1) is 0 Å². The van der Waals surface area contributed by atoms with Crippen molar-refractivity contribution < 1.29 is 4.79 Å². The fraction of sp³-hybridized carbons (Fsp3) is 0.308. The fourth-order valence-corrected chi connectivity index (χ4v) is 1.38. The molecule has 0 aromatic heterocycles. The molecular weight excluding hydrogens is 186 g/mol. The summed E-state index contributed by atoms with van der Waals surface area (Å²) in [6, 6.07) is 0. The predicted molar refractivity (Wildman–Crippen MR) is 63.4 cm³/mol. The monoisotopic (exact) mass is 203 g/mol. The minimum absolute atomic E-state index is 0.143. The lowest BCUT2D eigenvalue weighted by Crippen LogP contribution is -2.26. The molecule has 0 radical (unpaired) electrons. The molecule has 0 N–H and O–H groups in total. The highest BCUT2D eigenvalue weighted by molar-refractivity contribution is 5.78. The molecule has 0 aromatic carbocycles. The SMILES string of the molecule is C=CCN(C)C(=O)CC1=CC=CC=CC1. The van der Waals surface area contributed by atoms with E-state index in [0.717, 1.165) is 12.0 Å². The summed E-state index contributed by atoms with van der Waals surface area (Å²) in [5.74, 6) is 0.143. The molecule has 0 unspecified atom stereocenters. The highest BCUT2D eigenvalue weighted by atomic mass is 16.2. The summed E-state index contributed by atoms with van der Waals surface area (Å²) in [5.41, 5.74) is 1.15. The van der Waals surface area contributed by atoms with E-state index in [9.17, 15) is 4.79 Å². The second-order valence-corrected chi connectivity index (χ2v) is 3.58. The Morgan fingerprint density at radius 3 is 3.07 bits per heavy atom. The Labute approximate surface area is 91.3 Å². The van der Waals surface area contributed by atoms with Gasteiger partial charge in [0.25, 0.3) is 0 Å². The van der Waals surface area contributed by atoms with Crippen LogP contribution < -0.4 is 0 Å². The maximum absolute atomic E-state index is 11.7. The number of hydrogen-bond donors (Lipinski definition) is 0. The molecule has 0 saturated heterocycles. The van der Waals surface area contributed by atoms with Crippen molar-refractivity contribution in [3.63, 3.8) is 0 Å². The van der Waals surface area contributed by atoms with Gasteiger partial charge in [0.1, 0.15) is 0 Å². The van der Waals surface area contributed by atoms with Crippen molar-refractivity contribution in [3.05, 3.63) is 48.6 Å². The topological polar surface area (TPSA) is 20.3 Å². The highest BCUT2D eigenvalue weighted by Crippen LogP contribution is 2.12. The smallest absolute Gasteiger partial charge is 0.226 e. The molecule has 0 aromatic rings. The summed E-state index contributed by atoms with van der Waals surface area (Å²) < 4.78 is 0. The molecule has 80 valence electrons. The summed E-state index contributed by atoms with van der Waals surface area (Å²) in [6.45, 7) is 4.22. The quantitative estimate of drug-likeness (QED) is 0.643. The van der Waals surface area contributed by atoms with Crippen LogP contribution in [0, 0.1) is 0 Å². The number of likely N-dealkylation sites (N-methyl/N-ethyl adjacent to an activating group) is 1. The lowest BCUT2D eigenvalue weighted by molar-refractivity contribution is -0.128. The first-order chi connectivity index (χ1) is 7.24. The van der Waals surface area contributed by atoms with Crippen molar-refractivity contribution in [3.8, 4) is 0 Å². The van der Waals surface area contributed by atoms with E-state index >= 15 is 0 Å². The zero-order valence-corrected chi connectivity index (χ0v) is 9.15. The number of rotatable bonds is 4. The van der Waals surface area contributed by atoms with Crippen LogP contribution >= 0.6 is 0 Å². The molecule has 0 atom stereocenters. The van der Waals surface area contributed by atoms with Crippen LogP contribution in [0.1, 0.15) is 12.8 Å². The summed E-state index contributed by atoms with van der Waals surface area (Å²) >= 11 is 0. The second-order valence-electron chi connectivity index (χ2n) is 3.58. The van der Waals surface area contributed by atoms with E-state index < -0.39 is 0 Å². The van der Waals surface area contributed by atoms with E-state index in [1.54, 1.807) is 18.0 Å². The molecule has 0 fully saturated rings. The van der Waals surface area contributed by atoms with Gasteiger partial charge in [-0.1, -0.05) is 42.0 Å². The Hall–Kier alpha value is -1.57. The number of amides is 1.